The summed E-state index contributed by atoms with van der Waals surface area (Å²) >= 11 is 1.20. The van der Waals surface area contributed by atoms with Crippen molar-refractivity contribution in [1.29, 1.82) is 0 Å². The number of aromatic nitrogens is 2. The van der Waals surface area contributed by atoms with Crippen molar-refractivity contribution >= 4 is 39.0 Å². The maximum atomic E-state index is 15.2. The van der Waals surface area contributed by atoms with Gasteiger partial charge in [-0.3, -0.25) is 4.79 Å². The fourth-order valence-electron chi connectivity index (χ4n) is 4.85. The summed E-state index contributed by atoms with van der Waals surface area (Å²) in [4.78, 5) is 24.8. The van der Waals surface area contributed by atoms with Crippen LogP contribution in [0.2, 0.25) is 0 Å². The minimum atomic E-state index is -0.374. The number of amides is 1. The molecule has 0 radical (unpaired) electrons. The first-order valence-corrected chi connectivity index (χ1v) is 12.1. The molecule has 34 heavy (non-hydrogen) atoms. The molecule has 9 nitrogen and oxygen atoms in total. The first-order valence-electron chi connectivity index (χ1n) is 11.3. The first kappa shape index (κ1) is 21.5. The number of carbonyl (C=O) groups is 1. The summed E-state index contributed by atoms with van der Waals surface area (Å²) in [6.07, 6.45) is 2.16. The van der Waals surface area contributed by atoms with Crippen molar-refractivity contribution < 1.29 is 18.7 Å². The van der Waals surface area contributed by atoms with Crippen LogP contribution in [0.4, 0.5) is 15.8 Å². The highest BCUT2D eigenvalue weighted by Crippen LogP contribution is 2.35. The van der Waals surface area contributed by atoms with E-state index in [1.807, 2.05) is 13.0 Å². The molecule has 3 aliphatic rings. The summed E-state index contributed by atoms with van der Waals surface area (Å²) in [6, 6.07) is 3.08. The van der Waals surface area contributed by atoms with Crippen molar-refractivity contribution in [2.24, 2.45) is 0 Å². The van der Waals surface area contributed by atoms with E-state index < -0.39 is 0 Å². The van der Waals surface area contributed by atoms with Gasteiger partial charge in [-0.25, -0.2) is 14.4 Å². The number of ether oxygens (including phenoxy) is 2. The molecule has 3 atom stereocenters. The van der Waals surface area contributed by atoms with Gasteiger partial charge in [0, 0.05) is 56.1 Å². The second kappa shape index (κ2) is 8.33. The van der Waals surface area contributed by atoms with Crippen LogP contribution >= 0.6 is 11.3 Å². The summed E-state index contributed by atoms with van der Waals surface area (Å²) in [7, 11) is 0. The van der Waals surface area contributed by atoms with E-state index in [0.717, 1.165) is 24.5 Å². The van der Waals surface area contributed by atoms with Gasteiger partial charge in [0.2, 0.25) is 0 Å². The second-order valence-corrected chi connectivity index (χ2v) is 10.0. The van der Waals surface area contributed by atoms with E-state index in [4.69, 9.17) is 15.2 Å². The predicted molar refractivity (Wildman–Crippen MR) is 127 cm³/mol. The van der Waals surface area contributed by atoms with E-state index in [9.17, 15) is 4.79 Å². The SMILES string of the molecule is Cc1cnc2c(N)c(C(=O)N[C@H]3COc4cc(N5CC6CNCC(C5)O6)cc(F)c4C3)sc2n1. The van der Waals surface area contributed by atoms with Gasteiger partial charge in [-0.1, -0.05) is 0 Å². The number of nitrogens with two attached hydrogens (primary N) is 1. The van der Waals surface area contributed by atoms with Crippen LogP contribution in [-0.4, -0.2) is 66.9 Å². The van der Waals surface area contributed by atoms with Gasteiger partial charge in [-0.2, -0.15) is 0 Å². The van der Waals surface area contributed by atoms with Gasteiger partial charge in [0.15, 0.2) is 0 Å². The van der Waals surface area contributed by atoms with Crippen LogP contribution in [0.15, 0.2) is 18.3 Å². The van der Waals surface area contributed by atoms with Gasteiger partial charge in [0.1, 0.15) is 33.4 Å². The lowest BCUT2D eigenvalue weighted by molar-refractivity contribution is -0.0484. The quantitative estimate of drug-likeness (QED) is 0.514. The molecule has 0 spiro atoms. The zero-order chi connectivity index (χ0) is 23.4. The van der Waals surface area contributed by atoms with Crippen molar-refractivity contribution in [2.75, 3.05) is 43.4 Å². The van der Waals surface area contributed by atoms with Gasteiger partial charge in [-0.05, 0) is 13.0 Å². The van der Waals surface area contributed by atoms with Crippen LogP contribution in [-0.2, 0) is 11.2 Å². The average molecular weight is 485 g/mol. The van der Waals surface area contributed by atoms with Gasteiger partial charge in [-0.15, -0.1) is 11.3 Å². The molecule has 5 heterocycles. The smallest absolute Gasteiger partial charge is 0.263 e. The van der Waals surface area contributed by atoms with E-state index in [1.165, 1.54) is 11.3 Å². The predicted octanol–water partition coefficient (Wildman–Crippen LogP) is 1.63. The lowest BCUT2D eigenvalue weighted by atomic mass is 10.0. The molecule has 2 aromatic heterocycles. The topological polar surface area (TPSA) is 115 Å². The number of nitrogens with zero attached hydrogens (tertiary/aromatic N) is 3. The molecule has 2 fully saturated rings. The zero-order valence-corrected chi connectivity index (χ0v) is 19.5. The average Bonchev–Trinajstić information content (AvgIpc) is 3.14. The Hall–Kier alpha value is -3.02. The van der Waals surface area contributed by atoms with Crippen LogP contribution in [0.25, 0.3) is 10.3 Å². The van der Waals surface area contributed by atoms with E-state index in [-0.39, 0.29) is 36.6 Å². The van der Waals surface area contributed by atoms with Crippen LogP contribution in [0, 0.1) is 12.7 Å². The molecule has 6 rings (SSSR count). The Labute approximate surface area is 199 Å². The van der Waals surface area contributed by atoms with Crippen LogP contribution in [0.5, 0.6) is 5.75 Å². The largest absolute Gasteiger partial charge is 0.491 e. The Balaban J connectivity index is 1.18. The number of morpholine rings is 2. The van der Waals surface area contributed by atoms with Gasteiger partial charge in [0.05, 0.1) is 29.6 Å². The number of nitrogens with one attached hydrogen (secondary N) is 2. The molecule has 0 saturated carbocycles. The standard InChI is InChI=1S/C23H25FN6O3S/c1-11-5-27-20-19(25)21(34-23(20)28-11)22(31)29-12-2-16-17(24)3-13(4-18(16)32-10-12)30-8-14-6-26-7-15(9-30)33-14/h3-5,12,14-15,26H,2,6-10,25H2,1H3,(H,29,31)/t12-,14?,15?/m1/s1. The van der Waals surface area contributed by atoms with Crippen LogP contribution in [0.3, 0.4) is 0 Å². The van der Waals surface area contributed by atoms with Crippen molar-refractivity contribution in [1.82, 2.24) is 20.6 Å². The third-order valence-electron chi connectivity index (χ3n) is 6.47. The number of nitrogen functional groups attached to an aromatic ring is 1. The second-order valence-electron chi connectivity index (χ2n) is 9.04. The summed E-state index contributed by atoms with van der Waals surface area (Å²) in [5, 5.41) is 6.30. The molecule has 1 aromatic carbocycles. The Morgan fingerprint density at radius 1 is 1.32 bits per heavy atom. The summed E-state index contributed by atoms with van der Waals surface area (Å²) < 4.78 is 27.0. The number of anilines is 2. The monoisotopic (exact) mass is 484 g/mol. The number of thiophene rings is 1. The number of benzene rings is 1. The zero-order valence-electron chi connectivity index (χ0n) is 18.6. The molecule has 0 aliphatic carbocycles. The number of halogens is 1. The Morgan fingerprint density at radius 2 is 2.12 bits per heavy atom. The van der Waals surface area contributed by atoms with Gasteiger partial charge in [0.25, 0.3) is 5.91 Å². The highest BCUT2D eigenvalue weighted by atomic mass is 32.1. The molecule has 11 heteroatoms. The number of aryl methyl sites for hydroxylation is 1. The lowest BCUT2D eigenvalue weighted by Crippen LogP contribution is -2.58. The van der Waals surface area contributed by atoms with Crippen molar-refractivity contribution in [3.63, 3.8) is 0 Å². The van der Waals surface area contributed by atoms with E-state index in [2.05, 4.69) is 25.5 Å². The Morgan fingerprint density at radius 3 is 2.91 bits per heavy atom. The molecule has 2 saturated heterocycles. The molecule has 2 bridgehead atoms. The van der Waals surface area contributed by atoms with Crippen molar-refractivity contribution in [3.8, 4) is 5.75 Å². The van der Waals surface area contributed by atoms with E-state index in [0.29, 0.717) is 51.7 Å². The first-order chi connectivity index (χ1) is 16.4. The normalized spacial score (nSPS) is 23.9. The van der Waals surface area contributed by atoms with Crippen LogP contribution in [0.1, 0.15) is 20.9 Å². The van der Waals surface area contributed by atoms with Gasteiger partial charge >= 0.3 is 0 Å². The fraction of sp³-hybridized carbons (Fsp3) is 0.435. The van der Waals surface area contributed by atoms with E-state index in [1.54, 1.807) is 12.3 Å². The number of rotatable bonds is 3. The summed E-state index contributed by atoms with van der Waals surface area (Å²) in [5.41, 5.74) is 9.01. The highest BCUT2D eigenvalue weighted by molar-refractivity contribution is 7.21. The number of carbonyl (C=O) groups excluding carboxylic acids is 1. The fourth-order valence-corrected chi connectivity index (χ4v) is 5.85. The maximum absolute atomic E-state index is 15.2. The number of hydrogen-bond donors (Lipinski definition) is 3. The Kier molecular flexibility index (Phi) is 5.27. The molecule has 3 aromatic rings. The third-order valence-corrected chi connectivity index (χ3v) is 7.56. The Bertz CT molecular complexity index is 1270. The number of fused-ring (bicyclic) bond motifs is 4. The van der Waals surface area contributed by atoms with Crippen molar-refractivity contribution in [3.05, 3.63) is 40.3 Å². The summed E-state index contributed by atoms with van der Waals surface area (Å²) in [6.45, 7) is 5.10. The molecule has 1 amide bonds. The maximum Gasteiger partial charge on any atom is 0.263 e. The minimum absolute atomic E-state index is 0.0998. The molecule has 4 N–H and O–H groups in total. The molecular weight excluding hydrogens is 459 g/mol. The number of hydrogen-bond acceptors (Lipinski definition) is 9. The molecule has 178 valence electrons. The highest BCUT2D eigenvalue weighted by Gasteiger charge is 2.33. The molecule has 2 unspecified atom stereocenters. The van der Waals surface area contributed by atoms with Crippen molar-refractivity contribution in [2.45, 2.75) is 31.6 Å². The van der Waals surface area contributed by atoms with Gasteiger partial charge < -0.3 is 30.7 Å². The van der Waals surface area contributed by atoms with E-state index >= 15 is 4.39 Å². The molecule has 3 aliphatic heterocycles. The summed E-state index contributed by atoms with van der Waals surface area (Å²) in [5.74, 6) is -0.130. The van der Waals surface area contributed by atoms with Crippen LogP contribution < -0.4 is 26.0 Å². The minimum Gasteiger partial charge on any atom is -0.491 e. The third kappa shape index (κ3) is 3.83. The molecular formula is C23H25FN6O3S. The lowest BCUT2D eigenvalue weighted by Gasteiger charge is -2.43.